The highest BCUT2D eigenvalue weighted by molar-refractivity contribution is 7.99. The van der Waals surface area contributed by atoms with Gasteiger partial charge in [-0.25, -0.2) is 21.6 Å². The van der Waals surface area contributed by atoms with Crippen LogP contribution in [0.25, 0.3) is 5.57 Å². The Morgan fingerprint density at radius 2 is 1.48 bits per heavy atom. The number of carbonyl (C=O) groups excluding carboxylic acids is 6. The number of rotatable bonds is 24. The van der Waals surface area contributed by atoms with E-state index in [4.69, 9.17) is 11.6 Å². The first-order chi connectivity index (χ1) is 43.8. The molecule has 5 aliphatic rings. The van der Waals surface area contributed by atoms with Gasteiger partial charge in [-0.3, -0.25) is 48.8 Å². The summed E-state index contributed by atoms with van der Waals surface area (Å²) in [5.74, 6) is -3.17. The van der Waals surface area contributed by atoms with E-state index in [0.717, 1.165) is 66.5 Å². The first-order valence-corrected chi connectivity index (χ1v) is 35.3. The number of alkyl halides is 3. The Balaban J connectivity index is 0.715. The van der Waals surface area contributed by atoms with Crippen molar-refractivity contribution in [2.24, 2.45) is 5.41 Å². The third kappa shape index (κ3) is 16.2. The Morgan fingerprint density at radius 1 is 0.772 bits per heavy atom. The summed E-state index contributed by atoms with van der Waals surface area (Å²) in [5.41, 5.74) is -0.533. The van der Waals surface area contributed by atoms with Crippen LogP contribution in [0.4, 0.5) is 30.2 Å². The lowest BCUT2D eigenvalue weighted by molar-refractivity contribution is -0.136. The molecule has 2 atom stereocenters. The van der Waals surface area contributed by atoms with Gasteiger partial charge in [0.15, 0.2) is 0 Å². The van der Waals surface area contributed by atoms with Gasteiger partial charge in [0.05, 0.1) is 21.7 Å². The maximum atomic E-state index is 14.5. The summed E-state index contributed by atoms with van der Waals surface area (Å²) >= 11 is 7.61. The first kappa shape index (κ1) is 67.6. The summed E-state index contributed by atoms with van der Waals surface area (Å²) in [6.45, 7) is 11.2. The number of fused-ring (bicyclic) bond motifs is 1. The number of amides is 6. The topological polar surface area (TPSA) is 235 Å². The van der Waals surface area contributed by atoms with E-state index in [9.17, 15) is 58.8 Å². The van der Waals surface area contributed by atoms with E-state index < -0.39 is 82.5 Å². The van der Waals surface area contributed by atoms with Crippen molar-refractivity contribution in [2.45, 2.75) is 110 Å². The van der Waals surface area contributed by atoms with Gasteiger partial charge < -0.3 is 20.4 Å². The van der Waals surface area contributed by atoms with Crippen LogP contribution in [0.2, 0.25) is 5.02 Å². The molecule has 6 amide bonds. The van der Waals surface area contributed by atoms with Gasteiger partial charge >= 0.3 is 5.51 Å². The number of halogens is 4. The van der Waals surface area contributed by atoms with E-state index in [1.807, 2.05) is 47.2 Å². The van der Waals surface area contributed by atoms with Crippen molar-refractivity contribution in [3.63, 3.8) is 0 Å². The lowest BCUT2D eigenvalue weighted by Crippen LogP contribution is -2.54. The molecule has 0 bridgehead atoms. The molecule has 19 nitrogen and oxygen atoms in total. The Hall–Kier alpha value is -7.29. The fourth-order valence-corrected chi connectivity index (χ4v) is 15.7. The van der Waals surface area contributed by atoms with Crippen molar-refractivity contribution < 1.29 is 58.8 Å². The number of carbonyl (C=O) groups is 6. The van der Waals surface area contributed by atoms with E-state index in [1.165, 1.54) is 46.7 Å². The zero-order chi connectivity index (χ0) is 65.5. The van der Waals surface area contributed by atoms with Gasteiger partial charge in [0.1, 0.15) is 10.9 Å². The molecule has 3 saturated heterocycles. The lowest BCUT2D eigenvalue weighted by atomic mass is 9.73. The number of benzene rings is 5. The van der Waals surface area contributed by atoms with E-state index in [0.29, 0.717) is 101 Å². The maximum Gasteiger partial charge on any atom is 0.501 e. The van der Waals surface area contributed by atoms with Crippen LogP contribution in [0.3, 0.4) is 0 Å². The second kappa shape index (κ2) is 28.9. The number of hydrogen-bond donors (Lipinski definition) is 4. The number of piperidine rings is 1. The molecule has 4 heterocycles. The van der Waals surface area contributed by atoms with Crippen LogP contribution in [-0.2, 0) is 34.2 Å². The Kier molecular flexibility index (Phi) is 21.3. The van der Waals surface area contributed by atoms with Crippen molar-refractivity contribution in [3.8, 4) is 0 Å². The fraction of sp³-hybridized carbons (Fsp3) is 0.424. The van der Waals surface area contributed by atoms with E-state index in [-0.39, 0.29) is 46.6 Å². The average Bonchev–Trinajstić information content (AvgIpc) is 1.23. The van der Waals surface area contributed by atoms with Crippen LogP contribution in [0.5, 0.6) is 0 Å². The highest BCUT2D eigenvalue weighted by atomic mass is 35.5. The van der Waals surface area contributed by atoms with Gasteiger partial charge in [-0.1, -0.05) is 73.8 Å². The molecule has 4 aliphatic heterocycles. The molecule has 5 aromatic rings. The predicted octanol–water partition coefficient (Wildman–Crippen LogP) is 9.72. The molecule has 1 aliphatic carbocycles. The molecule has 3 fully saturated rings. The Morgan fingerprint density at radius 3 is 2.17 bits per heavy atom. The molecule has 0 saturated carbocycles. The standard InChI is InChI=1S/C66H75ClF3N9O10S3/c1-65(2)29-27-52(44-15-19-47(67)20-16-44)46(41-65)42-76-34-36-77(37-35-76)49-21-17-45(18-22-49)61(82)74-92(88,89)51-23-24-54(57(40-51)91(86,87)66(68,69)70)72-48(43-90-50-10-5-3-6-11-50)28-31-75-32-38-78(39-33-75)59(81)14-7-4-8-30-71-55-13-9-12-53-60(55)64(85)79(63(53)84)56-25-26-58(80)73-62(56)83/h3,5-6,9-13,15-24,40,48,56,71-72H,4,7-8,14,25-39,41-43H2,1-2H3,(H,74,82)(H,73,80,83)/t48-,56?/m1/s1. The molecule has 10 rings (SSSR count). The third-order valence-electron chi connectivity index (χ3n) is 17.7. The normalized spacial score (nSPS) is 18.8. The number of allylic oxidation sites excluding steroid dienone is 1. The molecular formula is C66H75ClF3N9O10S3. The molecule has 0 spiro atoms. The highest BCUT2D eigenvalue weighted by Gasteiger charge is 2.49. The molecule has 1 unspecified atom stereocenters. The minimum absolute atomic E-state index is 0.0123. The summed E-state index contributed by atoms with van der Waals surface area (Å²) < 4.78 is 99.9. The van der Waals surface area contributed by atoms with Crippen LogP contribution in [0.15, 0.2) is 136 Å². The molecule has 0 radical (unpaired) electrons. The van der Waals surface area contributed by atoms with E-state index in [1.54, 1.807) is 29.2 Å². The third-order valence-corrected chi connectivity index (χ3v) is 21.9. The molecule has 490 valence electrons. The van der Waals surface area contributed by atoms with Gasteiger partial charge in [-0.05, 0) is 140 Å². The second-order valence-corrected chi connectivity index (χ2v) is 29.8. The van der Waals surface area contributed by atoms with Crippen molar-refractivity contribution >= 4 is 101 Å². The van der Waals surface area contributed by atoms with E-state index in [2.05, 4.69) is 56.6 Å². The number of piperazine rings is 2. The summed E-state index contributed by atoms with van der Waals surface area (Å²) in [6.07, 6.45) is 5.68. The van der Waals surface area contributed by atoms with Crippen LogP contribution < -0.4 is 25.6 Å². The second-order valence-electron chi connectivity index (χ2n) is 24.7. The predicted molar refractivity (Wildman–Crippen MR) is 348 cm³/mol. The quantitative estimate of drug-likeness (QED) is 0.0256. The van der Waals surface area contributed by atoms with Crippen LogP contribution in [0.1, 0.15) is 115 Å². The number of imide groups is 2. The van der Waals surface area contributed by atoms with Gasteiger partial charge in [0, 0.05) is 123 Å². The van der Waals surface area contributed by atoms with Crippen molar-refractivity contribution in [2.75, 3.05) is 93.3 Å². The smallest absolute Gasteiger partial charge is 0.384 e. The lowest BCUT2D eigenvalue weighted by Gasteiger charge is -2.39. The largest absolute Gasteiger partial charge is 0.501 e. The molecule has 26 heteroatoms. The number of sulfone groups is 1. The number of nitrogens with zero attached hydrogens (tertiary/aromatic N) is 5. The number of thioether (sulfide) groups is 1. The summed E-state index contributed by atoms with van der Waals surface area (Å²) in [7, 11) is -11.1. The van der Waals surface area contributed by atoms with Gasteiger partial charge in [0.25, 0.3) is 37.6 Å². The number of nitrogens with one attached hydrogen (secondary N) is 4. The van der Waals surface area contributed by atoms with Crippen molar-refractivity contribution in [1.29, 1.82) is 0 Å². The average molecular weight is 1340 g/mol. The summed E-state index contributed by atoms with van der Waals surface area (Å²) in [4.78, 5) is 85.9. The first-order valence-electron chi connectivity index (χ1n) is 30.9. The van der Waals surface area contributed by atoms with E-state index >= 15 is 0 Å². The SMILES string of the molecule is CC1(C)CCC(c2ccc(Cl)cc2)=C(CN2CCN(c3ccc(C(=O)NS(=O)(=O)c4ccc(N[C@H](CCN5CCN(C(=O)CCCCCNc6cccc7c6C(=O)N(C6CCC(=O)NC6=O)C7=O)CC5)CSc5ccccc5)c(S(=O)(=O)C(F)(F)F)c4)cc3)CC2)C1. The van der Waals surface area contributed by atoms with Gasteiger partial charge in [0.2, 0.25) is 17.7 Å². The zero-order valence-electron chi connectivity index (χ0n) is 51.2. The molecular weight excluding hydrogens is 1270 g/mol. The molecule has 92 heavy (non-hydrogen) atoms. The van der Waals surface area contributed by atoms with Gasteiger partial charge in [-0.15, -0.1) is 11.8 Å². The summed E-state index contributed by atoms with van der Waals surface area (Å²) in [5, 5.41) is 9.13. The molecule has 4 N–H and O–H groups in total. The monoisotopic (exact) mass is 1340 g/mol. The van der Waals surface area contributed by atoms with Crippen LogP contribution in [-0.4, -0.2) is 167 Å². The number of sulfonamides is 1. The summed E-state index contributed by atoms with van der Waals surface area (Å²) in [6, 6.07) is 29.1. The minimum Gasteiger partial charge on any atom is -0.384 e. The number of unbranched alkanes of at least 4 members (excludes halogenated alkanes) is 2. The zero-order valence-corrected chi connectivity index (χ0v) is 54.4. The Bertz CT molecular complexity index is 3840. The van der Waals surface area contributed by atoms with Gasteiger partial charge in [-0.2, -0.15) is 13.2 Å². The minimum atomic E-state index is -6.17. The maximum absolute atomic E-state index is 14.5. The Labute approximate surface area is 543 Å². The number of hydrogen-bond acceptors (Lipinski definition) is 16. The molecule has 0 aromatic heterocycles. The molecule has 5 aromatic carbocycles. The van der Waals surface area contributed by atoms with Crippen molar-refractivity contribution in [3.05, 3.63) is 148 Å². The van der Waals surface area contributed by atoms with Crippen molar-refractivity contribution in [1.82, 2.24) is 29.6 Å². The van der Waals surface area contributed by atoms with Crippen LogP contribution in [0, 0.1) is 5.41 Å². The van der Waals surface area contributed by atoms with Crippen LogP contribution >= 0.6 is 23.4 Å². The highest BCUT2D eigenvalue weighted by Crippen LogP contribution is 2.43. The number of anilines is 3. The fourth-order valence-electron chi connectivity index (χ4n) is 12.5.